The Morgan fingerprint density at radius 2 is 1.89 bits per heavy atom. The fourth-order valence-corrected chi connectivity index (χ4v) is 2.36. The molecular weight excluding hydrogens is 353 g/mol. The molecular formula is C15H14INO2. The van der Waals surface area contributed by atoms with Crippen LogP contribution in [-0.2, 0) is 0 Å². The van der Waals surface area contributed by atoms with Gasteiger partial charge in [0.1, 0.15) is 5.75 Å². The number of phenolic OH excluding ortho intramolecular Hbond substituents is 1. The van der Waals surface area contributed by atoms with Gasteiger partial charge in [-0.15, -0.1) is 0 Å². The average molecular weight is 367 g/mol. The highest BCUT2D eigenvalue weighted by Crippen LogP contribution is 2.22. The van der Waals surface area contributed by atoms with Crippen LogP contribution in [0.4, 0.5) is 5.69 Å². The Hall–Kier alpha value is -1.56. The van der Waals surface area contributed by atoms with E-state index in [9.17, 15) is 9.90 Å². The van der Waals surface area contributed by atoms with Crippen molar-refractivity contribution in [1.29, 1.82) is 0 Å². The van der Waals surface area contributed by atoms with Crippen molar-refractivity contribution in [3.8, 4) is 5.75 Å². The van der Waals surface area contributed by atoms with Crippen LogP contribution in [0.1, 0.15) is 21.5 Å². The van der Waals surface area contributed by atoms with Crippen LogP contribution in [0.3, 0.4) is 0 Å². The first-order valence-electron chi connectivity index (χ1n) is 5.85. The number of benzene rings is 2. The molecule has 98 valence electrons. The Morgan fingerprint density at radius 3 is 2.58 bits per heavy atom. The maximum atomic E-state index is 12.2. The smallest absolute Gasteiger partial charge is 0.256 e. The summed E-state index contributed by atoms with van der Waals surface area (Å²) in [4.78, 5) is 12.2. The second kappa shape index (κ2) is 5.61. The lowest BCUT2D eigenvalue weighted by atomic mass is 10.1. The molecule has 0 aliphatic heterocycles. The standard InChI is InChI=1S/C15H14INO2/c1-9-4-3-5-12(14(9)16)15(19)17-11-6-7-13(18)10(2)8-11/h3-8,18H,1-2H3,(H,17,19). The first-order valence-corrected chi connectivity index (χ1v) is 6.93. The summed E-state index contributed by atoms with van der Waals surface area (Å²) in [6, 6.07) is 10.7. The van der Waals surface area contributed by atoms with Crippen LogP contribution < -0.4 is 5.32 Å². The van der Waals surface area contributed by atoms with Gasteiger partial charge < -0.3 is 10.4 Å². The molecule has 4 heteroatoms. The van der Waals surface area contributed by atoms with Gasteiger partial charge in [-0.3, -0.25) is 4.79 Å². The van der Waals surface area contributed by atoms with Crippen molar-refractivity contribution in [2.45, 2.75) is 13.8 Å². The number of aromatic hydroxyl groups is 1. The van der Waals surface area contributed by atoms with Crippen molar-refractivity contribution < 1.29 is 9.90 Å². The van der Waals surface area contributed by atoms with Crippen LogP contribution in [0.15, 0.2) is 36.4 Å². The number of amides is 1. The van der Waals surface area contributed by atoms with Gasteiger partial charge in [0.25, 0.3) is 5.91 Å². The van der Waals surface area contributed by atoms with Crippen molar-refractivity contribution in [1.82, 2.24) is 0 Å². The van der Waals surface area contributed by atoms with E-state index in [1.807, 2.05) is 19.1 Å². The molecule has 0 saturated heterocycles. The minimum absolute atomic E-state index is 0.141. The van der Waals surface area contributed by atoms with Gasteiger partial charge in [0.15, 0.2) is 0 Å². The van der Waals surface area contributed by atoms with E-state index >= 15 is 0 Å². The quantitative estimate of drug-likeness (QED) is 0.626. The SMILES string of the molecule is Cc1cc(NC(=O)c2cccc(C)c2I)ccc1O. The predicted octanol–water partition coefficient (Wildman–Crippen LogP) is 3.87. The molecule has 0 aliphatic carbocycles. The second-order valence-corrected chi connectivity index (χ2v) is 5.47. The highest BCUT2D eigenvalue weighted by molar-refractivity contribution is 14.1. The summed E-state index contributed by atoms with van der Waals surface area (Å²) in [5, 5.41) is 12.3. The van der Waals surface area contributed by atoms with Crippen LogP contribution in [0.5, 0.6) is 5.75 Å². The number of halogens is 1. The highest BCUT2D eigenvalue weighted by atomic mass is 127. The predicted molar refractivity (Wildman–Crippen MR) is 84.7 cm³/mol. The molecule has 0 heterocycles. The molecule has 0 atom stereocenters. The monoisotopic (exact) mass is 367 g/mol. The first kappa shape index (κ1) is 13.9. The summed E-state index contributed by atoms with van der Waals surface area (Å²) in [6.45, 7) is 3.77. The third-order valence-electron chi connectivity index (χ3n) is 2.89. The van der Waals surface area contributed by atoms with E-state index in [4.69, 9.17) is 0 Å². The zero-order valence-electron chi connectivity index (χ0n) is 10.7. The third-order valence-corrected chi connectivity index (χ3v) is 4.32. The molecule has 0 aromatic heterocycles. The molecule has 0 fully saturated rings. The molecule has 3 nitrogen and oxygen atoms in total. The number of anilines is 1. The third kappa shape index (κ3) is 3.07. The lowest BCUT2D eigenvalue weighted by molar-refractivity contribution is 0.102. The van der Waals surface area contributed by atoms with E-state index in [-0.39, 0.29) is 11.7 Å². The number of carbonyl (C=O) groups is 1. The molecule has 2 aromatic carbocycles. The lowest BCUT2D eigenvalue weighted by Crippen LogP contribution is -2.14. The van der Waals surface area contributed by atoms with E-state index in [1.165, 1.54) is 0 Å². The van der Waals surface area contributed by atoms with Crippen LogP contribution in [0, 0.1) is 17.4 Å². The summed E-state index contributed by atoms with van der Waals surface area (Å²) in [7, 11) is 0. The molecule has 2 rings (SSSR count). The summed E-state index contributed by atoms with van der Waals surface area (Å²) < 4.78 is 0.952. The lowest BCUT2D eigenvalue weighted by Gasteiger charge is -2.09. The van der Waals surface area contributed by atoms with E-state index in [2.05, 4.69) is 27.9 Å². The Kier molecular flexibility index (Phi) is 4.09. The van der Waals surface area contributed by atoms with Crippen LogP contribution in [0.2, 0.25) is 0 Å². The number of carbonyl (C=O) groups excluding carboxylic acids is 1. The van der Waals surface area contributed by atoms with Gasteiger partial charge in [-0.1, -0.05) is 12.1 Å². The van der Waals surface area contributed by atoms with Crippen LogP contribution in [0.25, 0.3) is 0 Å². The van der Waals surface area contributed by atoms with Gasteiger partial charge >= 0.3 is 0 Å². The van der Waals surface area contributed by atoms with Gasteiger partial charge in [0.05, 0.1) is 5.56 Å². The van der Waals surface area contributed by atoms with E-state index in [1.54, 1.807) is 31.2 Å². The van der Waals surface area contributed by atoms with Gasteiger partial charge in [0.2, 0.25) is 0 Å². The highest BCUT2D eigenvalue weighted by Gasteiger charge is 2.11. The first-order chi connectivity index (χ1) is 8.99. The molecule has 2 N–H and O–H groups in total. The largest absolute Gasteiger partial charge is 0.508 e. The molecule has 2 aromatic rings. The molecule has 0 saturated carbocycles. The van der Waals surface area contributed by atoms with E-state index in [0.29, 0.717) is 11.3 Å². The van der Waals surface area contributed by atoms with Gasteiger partial charge in [-0.2, -0.15) is 0 Å². The van der Waals surface area contributed by atoms with Crippen molar-refractivity contribution in [3.63, 3.8) is 0 Å². The van der Waals surface area contributed by atoms with E-state index < -0.39 is 0 Å². The molecule has 1 amide bonds. The van der Waals surface area contributed by atoms with Crippen LogP contribution >= 0.6 is 22.6 Å². The molecule has 19 heavy (non-hydrogen) atoms. The Bertz CT molecular complexity index is 638. The number of rotatable bonds is 2. The van der Waals surface area contributed by atoms with Crippen molar-refractivity contribution >= 4 is 34.2 Å². The van der Waals surface area contributed by atoms with Crippen molar-refractivity contribution in [3.05, 3.63) is 56.7 Å². The zero-order chi connectivity index (χ0) is 14.0. The molecule has 0 radical (unpaired) electrons. The molecule has 0 unspecified atom stereocenters. The average Bonchev–Trinajstić information content (AvgIpc) is 2.37. The van der Waals surface area contributed by atoms with Crippen molar-refractivity contribution in [2.24, 2.45) is 0 Å². The summed E-state index contributed by atoms with van der Waals surface area (Å²) in [6.07, 6.45) is 0. The maximum absolute atomic E-state index is 12.2. The number of aryl methyl sites for hydroxylation is 2. The Balaban J connectivity index is 2.26. The zero-order valence-corrected chi connectivity index (χ0v) is 12.9. The topological polar surface area (TPSA) is 49.3 Å². The number of nitrogens with one attached hydrogen (secondary N) is 1. The van der Waals surface area contributed by atoms with Gasteiger partial charge in [0, 0.05) is 9.26 Å². The van der Waals surface area contributed by atoms with Gasteiger partial charge in [-0.25, -0.2) is 0 Å². The summed E-state index contributed by atoms with van der Waals surface area (Å²) in [5.74, 6) is 0.0846. The minimum Gasteiger partial charge on any atom is -0.508 e. The molecule has 0 bridgehead atoms. The number of hydrogen-bond acceptors (Lipinski definition) is 2. The van der Waals surface area contributed by atoms with Crippen molar-refractivity contribution in [2.75, 3.05) is 5.32 Å². The Labute approximate surface area is 125 Å². The summed E-state index contributed by atoms with van der Waals surface area (Å²) >= 11 is 2.17. The Morgan fingerprint density at radius 1 is 1.16 bits per heavy atom. The minimum atomic E-state index is -0.141. The fourth-order valence-electron chi connectivity index (χ4n) is 1.75. The van der Waals surface area contributed by atoms with E-state index in [0.717, 1.165) is 14.7 Å². The number of hydrogen-bond donors (Lipinski definition) is 2. The fraction of sp³-hybridized carbons (Fsp3) is 0.133. The number of phenols is 1. The second-order valence-electron chi connectivity index (χ2n) is 4.39. The maximum Gasteiger partial charge on any atom is 0.256 e. The molecule has 0 aliphatic rings. The van der Waals surface area contributed by atoms with Gasteiger partial charge in [-0.05, 0) is 71.8 Å². The summed E-state index contributed by atoms with van der Waals surface area (Å²) in [5.41, 5.74) is 3.15. The van der Waals surface area contributed by atoms with Crippen LogP contribution in [-0.4, -0.2) is 11.0 Å². The normalized spacial score (nSPS) is 10.3. The molecule has 0 spiro atoms.